The van der Waals surface area contributed by atoms with Gasteiger partial charge in [0.1, 0.15) is 29.3 Å². The van der Waals surface area contributed by atoms with Crippen molar-refractivity contribution in [1.82, 2.24) is 24.4 Å². The standard InChI is InChI=1S/C28H30N8O2/c1-18-15-35(27(38)21-6-4-11-33(3)26(21)37)19(2)14-34(18)24-23-25(32-17-31-24)36(16-28(23)8-5-9-28)22-12-20(13-29)7-10-30-22/h4,6-7,10-12,17-19H,5,8-9,14-16H2,1-3H3/t18-,19+/m0/s1. The molecule has 2 fully saturated rings. The Morgan fingerprint density at radius 2 is 1.89 bits per heavy atom. The molecule has 38 heavy (non-hydrogen) atoms. The summed E-state index contributed by atoms with van der Waals surface area (Å²) in [6.45, 7) is 5.97. The number of aromatic nitrogens is 4. The number of hydrogen-bond donors (Lipinski definition) is 0. The summed E-state index contributed by atoms with van der Waals surface area (Å²) in [6, 6.07) is 8.95. The molecule has 3 aromatic rings. The van der Waals surface area contributed by atoms with Crippen LogP contribution in [0.15, 0.2) is 47.8 Å². The van der Waals surface area contributed by atoms with Gasteiger partial charge in [-0.25, -0.2) is 15.0 Å². The van der Waals surface area contributed by atoms with Gasteiger partial charge in [0, 0.05) is 62.1 Å². The van der Waals surface area contributed by atoms with Crippen LogP contribution < -0.4 is 15.4 Å². The fourth-order valence-corrected chi connectivity index (χ4v) is 6.18. The lowest BCUT2D eigenvalue weighted by molar-refractivity contribution is 0.0641. The van der Waals surface area contributed by atoms with E-state index < -0.39 is 0 Å². The summed E-state index contributed by atoms with van der Waals surface area (Å²) in [4.78, 5) is 46.3. The molecule has 0 aromatic carbocycles. The normalized spacial score (nSPS) is 21.7. The molecule has 3 aliphatic rings. The first-order chi connectivity index (χ1) is 18.3. The summed E-state index contributed by atoms with van der Waals surface area (Å²) in [5, 5.41) is 9.42. The Balaban J connectivity index is 1.34. The highest BCUT2D eigenvalue weighted by Gasteiger charge is 2.52. The second kappa shape index (κ2) is 8.94. The van der Waals surface area contributed by atoms with E-state index in [9.17, 15) is 14.9 Å². The maximum atomic E-state index is 13.4. The highest BCUT2D eigenvalue weighted by Crippen LogP contribution is 2.56. The molecule has 194 valence electrons. The van der Waals surface area contributed by atoms with E-state index in [0.717, 1.165) is 48.8 Å². The number of fused-ring (bicyclic) bond motifs is 2. The zero-order valence-electron chi connectivity index (χ0n) is 21.8. The zero-order chi connectivity index (χ0) is 26.6. The monoisotopic (exact) mass is 510 g/mol. The van der Waals surface area contributed by atoms with E-state index in [1.54, 1.807) is 44.0 Å². The summed E-state index contributed by atoms with van der Waals surface area (Å²) >= 11 is 0. The predicted octanol–water partition coefficient (Wildman–Crippen LogP) is 2.75. The molecule has 6 rings (SSSR count). The molecule has 10 heteroatoms. The number of nitrogens with zero attached hydrogens (tertiary/aromatic N) is 8. The van der Waals surface area contributed by atoms with Crippen LogP contribution in [0.4, 0.5) is 17.5 Å². The van der Waals surface area contributed by atoms with Gasteiger partial charge in [-0.3, -0.25) is 9.59 Å². The predicted molar refractivity (Wildman–Crippen MR) is 143 cm³/mol. The third-order valence-corrected chi connectivity index (χ3v) is 8.39. The average Bonchev–Trinajstić information content (AvgIpc) is 3.28. The molecule has 0 N–H and O–H groups in total. The molecule has 3 aromatic heterocycles. The Labute approximate surface area is 221 Å². The van der Waals surface area contributed by atoms with Gasteiger partial charge in [0.05, 0.1) is 11.6 Å². The second-order valence-electron chi connectivity index (χ2n) is 10.8. The van der Waals surface area contributed by atoms with Crippen molar-refractivity contribution in [3.63, 3.8) is 0 Å². The van der Waals surface area contributed by atoms with Crippen molar-refractivity contribution in [2.24, 2.45) is 7.05 Å². The number of carbonyl (C=O) groups is 1. The van der Waals surface area contributed by atoms with Crippen LogP contribution in [0.5, 0.6) is 0 Å². The minimum absolute atomic E-state index is 0.00654. The molecular formula is C28H30N8O2. The van der Waals surface area contributed by atoms with Gasteiger partial charge in [0.25, 0.3) is 11.5 Å². The summed E-state index contributed by atoms with van der Waals surface area (Å²) in [6.07, 6.45) is 8.18. The van der Waals surface area contributed by atoms with E-state index in [0.29, 0.717) is 18.7 Å². The maximum Gasteiger partial charge on any atom is 0.263 e. The van der Waals surface area contributed by atoms with E-state index >= 15 is 0 Å². The SMILES string of the molecule is C[C@@H]1CN(c2ncnc3c2C2(CCC2)CN3c2cc(C#N)ccn2)[C@@H](C)CN1C(=O)c1cccn(C)c1=O. The van der Waals surface area contributed by atoms with Gasteiger partial charge >= 0.3 is 0 Å². The van der Waals surface area contributed by atoms with Crippen molar-refractivity contribution < 1.29 is 4.79 Å². The molecule has 1 saturated carbocycles. The number of rotatable bonds is 3. The maximum absolute atomic E-state index is 13.4. The first-order valence-corrected chi connectivity index (χ1v) is 13.1. The van der Waals surface area contributed by atoms with Crippen LogP contribution in [0.2, 0.25) is 0 Å². The molecule has 1 saturated heterocycles. The molecule has 0 unspecified atom stereocenters. The number of pyridine rings is 2. The number of amides is 1. The first-order valence-electron chi connectivity index (χ1n) is 13.1. The van der Waals surface area contributed by atoms with Crippen molar-refractivity contribution in [2.45, 2.75) is 50.6 Å². The molecule has 5 heterocycles. The van der Waals surface area contributed by atoms with Crippen LogP contribution in [0.25, 0.3) is 0 Å². The number of anilines is 3. The third kappa shape index (κ3) is 3.64. The van der Waals surface area contributed by atoms with Gasteiger partial charge < -0.3 is 19.3 Å². The van der Waals surface area contributed by atoms with Crippen LogP contribution in [-0.4, -0.2) is 62.0 Å². The highest BCUT2D eigenvalue weighted by molar-refractivity contribution is 5.94. The molecule has 0 radical (unpaired) electrons. The van der Waals surface area contributed by atoms with Crippen molar-refractivity contribution in [3.05, 3.63) is 70.0 Å². The Kier molecular flexibility index (Phi) is 5.67. The smallest absolute Gasteiger partial charge is 0.263 e. The molecule has 1 aliphatic carbocycles. The van der Waals surface area contributed by atoms with Gasteiger partial charge in [-0.15, -0.1) is 0 Å². The molecule has 1 amide bonds. The van der Waals surface area contributed by atoms with E-state index in [4.69, 9.17) is 9.97 Å². The largest absolute Gasteiger partial charge is 0.350 e. The summed E-state index contributed by atoms with van der Waals surface area (Å²) in [5.74, 6) is 2.25. The molecule has 2 aliphatic heterocycles. The Bertz CT molecular complexity index is 1520. The Hall–Kier alpha value is -4.26. The van der Waals surface area contributed by atoms with Gasteiger partial charge in [-0.2, -0.15) is 5.26 Å². The van der Waals surface area contributed by atoms with Crippen LogP contribution in [-0.2, 0) is 12.5 Å². The molecule has 0 bridgehead atoms. The van der Waals surface area contributed by atoms with E-state index in [1.807, 2.05) is 17.9 Å². The minimum atomic E-state index is -0.283. The number of aryl methyl sites for hydroxylation is 1. The minimum Gasteiger partial charge on any atom is -0.350 e. The molecule has 1 spiro atoms. The zero-order valence-corrected chi connectivity index (χ0v) is 21.8. The lowest BCUT2D eigenvalue weighted by atomic mass is 9.66. The Morgan fingerprint density at radius 1 is 1.11 bits per heavy atom. The molecule has 10 nitrogen and oxygen atoms in total. The van der Waals surface area contributed by atoms with Crippen molar-refractivity contribution in [3.8, 4) is 6.07 Å². The van der Waals surface area contributed by atoms with Crippen molar-refractivity contribution in [2.75, 3.05) is 29.4 Å². The van der Waals surface area contributed by atoms with Crippen LogP contribution >= 0.6 is 0 Å². The van der Waals surface area contributed by atoms with Gasteiger partial charge in [-0.1, -0.05) is 6.42 Å². The van der Waals surface area contributed by atoms with E-state index in [-0.39, 0.29) is 34.5 Å². The van der Waals surface area contributed by atoms with Gasteiger partial charge in [0.2, 0.25) is 0 Å². The number of piperazine rings is 1. The quantitative estimate of drug-likeness (QED) is 0.529. The van der Waals surface area contributed by atoms with Gasteiger partial charge in [0.15, 0.2) is 0 Å². The second-order valence-corrected chi connectivity index (χ2v) is 10.8. The van der Waals surface area contributed by atoms with Crippen molar-refractivity contribution >= 4 is 23.4 Å². The third-order valence-electron chi connectivity index (χ3n) is 8.39. The number of hydrogen-bond acceptors (Lipinski definition) is 8. The van der Waals surface area contributed by atoms with Crippen LogP contribution in [0.1, 0.15) is 54.6 Å². The first kappa shape index (κ1) is 24.1. The lowest BCUT2D eigenvalue weighted by Gasteiger charge is -2.47. The van der Waals surface area contributed by atoms with E-state index in [1.165, 1.54) is 4.57 Å². The average molecular weight is 511 g/mol. The number of carbonyl (C=O) groups excluding carboxylic acids is 1. The molecular weight excluding hydrogens is 480 g/mol. The highest BCUT2D eigenvalue weighted by atomic mass is 16.2. The van der Waals surface area contributed by atoms with E-state index in [2.05, 4.69) is 27.8 Å². The number of nitriles is 1. The fraction of sp³-hybridized carbons (Fsp3) is 0.429. The Morgan fingerprint density at radius 3 is 2.63 bits per heavy atom. The summed E-state index contributed by atoms with van der Waals surface area (Å²) in [5.41, 5.74) is 1.57. The lowest BCUT2D eigenvalue weighted by Crippen LogP contribution is -2.59. The molecule has 2 atom stereocenters. The fourth-order valence-electron chi connectivity index (χ4n) is 6.18. The van der Waals surface area contributed by atoms with Crippen LogP contribution in [0.3, 0.4) is 0 Å². The van der Waals surface area contributed by atoms with Gasteiger partial charge in [-0.05, 0) is 51.0 Å². The summed E-state index contributed by atoms with van der Waals surface area (Å²) < 4.78 is 1.44. The van der Waals surface area contributed by atoms with Crippen LogP contribution in [0, 0.1) is 11.3 Å². The summed E-state index contributed by atoms with van der Waals surface area (Å²) in [7, 11) is 1.66. The topological polar surface area (TPSA) is 111 Å². The van der Waals surface area contributed by atoms with Crippen molar-refractivity contribution in [1.29, 1.82) is 5.26 Å².